The molecule has 1 aromatic rings. The molecule has 0 spiro atoms. The fourth-order valence-electron chi connectivity index (χ4n) is 5.23. The number of carbonyl (C=O) groups excluding carboxylic acids is 2. The van der Waals surface area contributed by atoms with Crippen molar-refractivity contribution < 1.29 is 19.1 Å². The minimum absolute atomic E-state index is 0.201. The van der Waals surface area contributed by atoms with E-state index in [9.17, 15) is 9.59 Å². The Morgan fingerprint density at radius 1 is 0.483 bits per heavy atom. The molecule has 0 atom stereocenters. The van der Waals surface area contributed by atoms with Crippen LogP contribution in [0.1, 0.15) is 125 Å². The van der Waals surface area contributed by atoms with E-state index in [-0.39, 0.29) is 13.2 Å². The van der Waals surface area contributed by atoms with Gasteiger partial charge >= 0.3 is 11.9 Å². The quantitative estimate of drug-likeness (QED) is 0.0653. The van der Waals surface area contributed by atoms with Gasteiger partial charge < -0.3 is 9.47 Å². The number of hydrogen-bond acceptors (Lipinski definition) is 16. The summed E-state index contributed by atoms with van der Waals surface area (Å²) in [5.41, 5.74) is 0.688. The Hall–Kier alpha value is 0.800. The molecule has 16 heteroatoms. The molecule has 4 heterocycles. The molecule has 0 amide bonds. The third kappa shape index (κ3) is 16.7. The number of esters is 2. The highest BCUT2D eigenvalue weighted by atomic mass is 32.3. The summed E-state index contributed by atoms with van der Waals surface area (Å²) >= 11 is 22.6. The summed E-state index contributed by atoms with van der Waals surface area (Å²) < 4.78 is 22.5. The van der Waals surface area contributed by atoms with Gasteiger partial charge in [-0.3, -0.25) is 0 Å². The predicted octanol–water partition coefficient (Wildman–Crippen LogP) is 17.8. The highest BCUT2D eigenvalue weighted by Gasteiger charge is 2.29. The van der Waals surface area contributed by atoms with Crippen molar-refractivity contribution in [3.05, 3.63) is 89.9 Å². The number of unbranched alkanes of at least 4 members (excludes halogenated alkanes) is 8. The zero-order chi connectivity index (χ0) is 41.0. The van der Waals surface area contributed by atoms with E-state index in [4.69, 9.17) is 9.47 Å². The summed E-state index contributed by atoms with van der Waals surface area (Å²) in [5, 5.41) is 4.20. The van der Waals surface area contributed by atoms with Gasteiger partial charge in [0.25, 0.3) is 0 Å². The third-order valence-corrected chi connectivity index (χ3v) is 25.6. The molecule has 0 fully saturated rings. The molecule has 318 valence electrons. The van der Waals surface area contributed by atoms with Crippen LogP contribution in [0.5, 0.6) is 0 Å². The van der Waals surface area contributed by atoms with Gasteiger partial charge in [0.1, 0.15) is 13.2 Å². The molecule has 4 nitrogen and oxygen atoms in total. The second-order valence-electron chi connectivity index (χ2n) is 13.3. The fourth-order valence-corrected chi connectivity index (χ4v) is 22.2. The number of thioether (sulfide) groups is 12. The number of ether oxygens (including phenoxy) is 2. The first-order chi connectivity index (χ1) is 28.4. The van der Waals surface area contributed by atoms with Gasteiger partial charge in [0.2, 0.25) is 0 Å². The number of hydrogen-bond donors (Lipinski definition) is 0. The van der Waals surface area contributed by atoms with Crippen LogP contribution in [0.15, 0.2) is 78.8 Å². The smallest absolute Gasteiger partial charge is 0.338 e. The molecule has 0 aliphatic carbocycles. The maximum absolute atomic E-state index is 13.2. The van der Waals surface area contributed by atoms with Crippen LogP contribution in [0.25, 0.3) is 0 Å². The highest BCUT2D eigenvalue weighted by molar-refractivity contribution is 8.43. The monoisotopic (exact) mass is 1010 g/mol. The van der Waals surface area contributed by atoms with Crippen LogP contribution in [0.3, 0.4) is 0 Å². The summed E-state index contributed by atoms with van der Waals surface area (Å²) in [6.07, 6.45) is 15.1. The molecule has 5 rings (SSSR count). The molecule has 0 radical (unpaired) electrons. The fraction of sp³-hybridized carbons (Fsp3) is 0.524. The number of benzene rings is 1. The van der Waals surface area contributed by atoms with Crippen molar-refractivity contribution in [1.29, 1.82) is 0 Å². The first-order valence-electron chi connectivity index (χ1n) is 20.1. The van der Waals surface area contributed by atoms with Gasteiger partial charge in [-0.15, -0.1) is 47.0 Å². The molecule has 0 aromatic heterocycles. The Balaban J connectivity index is 1.07. The molecular formula is C42H54O4S12. The van der Waals surface area contributed by atoms with Crippen molar-refractivity contribution in [3.8, 4) is 0 Å². The van der Waals surface area contributed by atoms with E-state index in [1.54, 1.807) is 71.3 Å². The Kier molecular flexibility index (Phi) is 24.5. The average molecular weight is 1010 g/mol. The lowest BCUT2D eigenvalue weighted by molar-refractivity contribution is 0.0545. The second kappa shape index (κ2) is 28.6. The van der Waals surface area contributed by atoms with Crippen LogP contribution in [0, 0.1) is 0 Å². The topological polar surface area (TPSA) is 52.6 Å². The van der Waals surface area contributed by atoms with E-state index in [2.05, 4.69) is 38.5 Å². The Morgan fingerprint density at radius 2 is 0.828 bits per heavy atom. The van der Waals surface area contributed by atoms with Crippen LogP contribution >= 0.6 is 141 Å². The summed E-state index contributed by atoms with van der Waals surface area (Å²) in [6.45, 7) is 9.43. The highest BCUT2D eigenvalue weighted by Crippen LogP contribution is 2.64. The van der Waals surface area contributed by atoms with E-state index in [1.807, 2.05) is 94.1 Å². The van der Waals surface area contributed by atoms with Crippen LogP contribution in [-0.2, 0) is 9.47 Å². The van der Waals surface area contributed by atoms with E-state index in [1.165, 1.54) is 134 Å². The summed E-state index contributed by atoms with van der Waals surface area (Å²) in [5.74, 6) is 3.78. The maximum Gasteiger partial charge on any atom is 0.338 e. The van der Waals surface area contributed by atoms with E-state index >= 15 is 0 Å². The van der Waals surface area contributed by atoms with E-state index < -0.39 is 11.9 Å². The van der Waals surface area contributed by atoms with Gasteiger partial charge in [-0.1, -0.05) is 179 Å². The predicted molar refractivity (Wildman–Crippen MR) is 280 cm³/mol. The van der Waals surface area contributed by atoms with Gasteiger partial charge in [0.05, 0.1) is 45.0 Å². The molecule has 4 aliphatic heterocycles. The number of rotatable bonds is 26. The lowest BCUT2D eigenvalue weighted by Crippen LogP contribution is -2.10. The first-order valence-corrected chi connectivity index (χ1v) is 30.7. The van der Waals surface area contributed by atoms with Crippen LogP contribution < -0.4 is 0 Å². The standard InChI is InChI=1S/C42H54O4S12/c1-5-9-13-20-47-35-36(48-21-14-10-6-2)56-41(55-35)39-51-27-31(53-39)25-45-33(43)29-18-17-19-30(24-29)34(44)46-26-32-28-52-40(54-32)42-57-37(49-22-15-11-7-3)38(58-42)50-23-16-12-8-4/h17-19,24,27-28H,5-16,20-23,25-26H2,1-4H3. The summed E-state index contributed by atoms with van der Waals surface area (Å²) in [6, 6.07) is 6.67. The van der Waals surface area contributed by atoms with Crippen LogP contribution in [-0.4, -0.2) is 48.2 Å². The lowest BCUT2D eigenvalue weighted by atomic mass is 10.1. The van der Waals surface area contributed by atoms with Crippen LogP contribution in [0.4, 0.5) is 0 Å². The van der Waals surface area contributed by atoms with Crippen molar-refractivity contribution in [3.63, 3.8) is 0 Å². The zero-order valence-electron chi connectivity index (χ0n) is 33.7. The molecule has 58 heavy (non-hydrogen) atoms. The third-order valence-electron chi connectivity index (χ3n) is 8.40. The van der Waals surface area contributed by atoms with Crippen LogP contribution in [0.2, 0.25) is 0 Å². The van der Waals surface area contributed by atoms with Crippen molar-refractivity contribution >= 4 is 153 Å². The van der Waals surface area contributed by atoms with Gasteiger partial charge in [0, 0.05) is 9.81 Å². The van der Waals surface area contributed by atoms with Crippen molar-refractivity contribution in [2.75, 3.05) is 36.2 Å². The molecule has 0 saturated carbocycles. The molecule has 0 bridgehead atoms. The zero-order valence-corrected chi connectivity index (χ0v) is 43.5. The Labute approximate surface area is 398 Å². The van der Waals surface area contributed by atoms with E-state index in [0.29, 0.717) is 11.1 Å². The van der Waals surface area contributed by atoms with E-state index in [0.717, 1.165) is 9.81 Å². The first kappa shape index (κ1) is 49.8. The minimum Gasteiger partial charge on any atom is -0.457 e. The summed E-state index contributed by atoms with van der Waals surface area (Å²) in [4.78, 5) is 28.4. The second-order valence-corrected chi connectivity index (χ2v) is 27.9. The maximum atomic E-state index is 13.2. The van der Waals surface area contributed by atoms with Gasteiger partial charge in [-0.05, 0) is 77.7 Å². The molecular weight excluding hydrogens is 953 g/mol. The average Bonchev–Trinajstić information content (AvgIpc) is 4.07. The minimum atomic E-state index is -0.447. The summed E-state index contributed by atoms with van der Waals surface area (Å²) in [7, 11) is 0. The van der Waals surface area contributed by atoms with Gasteiger partial charge in [-0.25, -0.2) is 9.59 Å². The largest absolute Gasteiger partial charge is 0.457 e. The SMILES string of the molecule is CCCCCSC1=C(SCCCCC)SC(=C2SC=C(COC(=O)c3cccc(C(=O)OCC4=CSC(=C5SC(SCCCCC)=C(SCCCCC)S5)S4)c3)S2)S1. The van der Waals surface area contributed by atoms with Gasteiger partial charge in [0.15, 0.2) is 0 Å². The molecule has 0 N–H and O–H groups in total. The Bertz CT molecular complexity index is 1570. The molecule has 1 aromatic carbocycles. The van der Waals surface area contributed by atoms with Gasteiger partial charge in [-0.2, -0.15) is 0 Å². The molecule has 0 unspecified atom stereocenters. The number of carbonyl (C=O) groups is 2. The van der Waals surface area contributed by atoms with Crippen molar-refractivity contribution in [2.24, 2.45) is 0 Å². The normalized spacial score (nSPS) is 17.0. The molecule has 4 aliphatic rings. The van der Waals surface area contributed by atoms with Crippen molar-refractivity contribution in [2.45, 2.75) is 105 Å². The Morgan fingerprint density at radius 3 is 1.16 bits per heavy atom. The molecule has 0 saturated heterocycles. The van der Waals surface area contributed by atoms with Crippen molar-refractivity contribution in [1.82, 2.24) is 0 Å². The lowest BCUT2D eigenvalue weighted by Gasteiger charge is -2.08.